The molecular weight excluding hydrogens is 440 g/mol. The van der Waals surface area contributed by atoms with Crippen LogP contribution in [-0.4, -0.2) is 84.9 Å². The van der Waals surface area contributed by atoms with Gasteiger partial charge in [0.2, 0.25) is 0 Å². The molecule has 1 atom stereocenters. The molecule has 0 unspecified atom stereocenters. The number of piperazine rings is 1. The Bertz CT molecular complexity index is 968. The maximum atomic E-state index is 14.3. The van der Waals surface area contributed by atoms with Crippen molar-refractivity contribution < 1.29 is 18.2 Å². The second-order valence-electron chi connectivity index (χ2n) is 8.41. The van der Waals surface area contributed by atoms with Gasteiger partial charge in [-0.25, -0.2) is 13.6 Å². The largest absolute Gasteiger partial charge is 0.348 e. The van der Waals surface area contributed by atoms with E-state index in [9.17, 15) is 13.6 Å². The molecule has 10 heteroatoms. The standard InChI is InChI=1S/C24H33F2N7O/c1-3-28-23(29-10-11-30-24(34)32-15-13-31(2)14-16-32)9-8-22(27)33-12-4-5-21(33)19-17-18(25)6-7-20(19)26/h3,6-9,17,21,27H,1,4-5,10-16H2,2H3,(H2,28,29,30,34)/p+1/b9-8-/t21-/m1/s1. The van der Waals surface area contributed by atoms with Gasteiger partial charge in [-0.3, -0.25) is 15.3 Å². The molecule has 2 aliphatic rings. The predicted molar refractivity (Wildman–Crippen MR) is 130 cm³/mol. The Labute approximate surface area is 199 Å². The normalized spacial score (nSPS) is 21.1. The quantitative estimate of drug-likeness (QED) is 0.243. The van der Waals surface area contributed by atoms with Gasteiger partial charge < -0.3 is 20.4 Å². The van der Waals surface area contributed by atoms with Crippen molar-refractivity contribution in [1.82, 2.24) is 20.4 Å². The van der Waals surface area contributed by atoms with E-state index in [1.165, 1.54) is 12.3 Å². The number of halogens is 2. The van der Waals surface area contributed by atoms with Gasteiger partial charge in [-0.15, -0.1) is 0 Å². The van der Waals surface area contributed by atoms with Crippen molar-refractivity contribution in [2.45, 2.75) is 18.9 Å². The van der Waals surface area contributed by atoms with Gasteiger partial charge in [0.1, 0.15) is 23.5 Å². The average Bonchev–Trinajstić information content (AvgIpc) is 3.31. The first-order valence-electron chi connectivity index (χ1n) is 11.5. The number of nitrogens with one attached hydrogen (secondary N) is 2. The molecule has 0 aromatic heterocycles. The summed E-state index contributed by atoms with van der Waals surface area (Å²) in [7, 11) is 2.04. The molecule has 1 aromatic carbocycles. The number of carbonyl (C=O) groups is 1. The highest BCUT2D eigenvalue weighted by atomic mass is 19.1. The number of likely N-dealkylation sites (N-methyl/N-ethyl adjacent to an activating group) is 1. The van der Waals surface area contributed by atoms with Gasteiger partial charge in [0, 0.05) is 44.4 Å². The fourth-order valence-corrected chi connectivity index (χ4v) is 4.14. The van der Waals surface area contributed by atoms with Crippen molar-refractivity contribution in [2.24, 2.45) is 10.7 Å². The van der Waals surface area contributed by atoms with Gasteiger partial charge in [0.25, 0.3) is 5.84 Å². The lowest BCUT2D eigenvalue weighted by Crippen LogP contribution is -2.51. The lowest BCUT2D eigenvalue weighted by atomic mass is 10.0. The molecule has 8 nitrogen and oxygen atoms in total. The second-order valence-corrected chi connectivity index (χ2v) is 8.41. The molecule has 3 rings (SSSR count). The average molecular weight is 475 g/mol. The summed E-state index contributed by atoms with van der Waals surface area (Å²) in [4.78, 5) is 20.7. The highest BCUT2D eigenvalue weighted by molar-refractivity contribution is 5.99. The molecule has 1 aromatic rings. The molecule has 2 saturated heterocycles. The van der Waals surface area contributed by atoms with E-state index in [1.54, 1.807) is 17.1 Å². The van der Waals surface area contributed by atoms with E-state index in [4.69, 9.17) is 5.73 Å². The van der Waals surface area contributed by atoms with Crippen molar-refractivity contribution in [1.29, 1.82) is 0 Å². The number of urea groups is 1. The molecule has 2 amide bonds. The number of amides is 2. The Balaban J connectivity index is 1.60. The Morgan fingerprint density at radius 3 is 2.79 bits per heavy atom. The molecule has 0 radical (unpaired) electrons. The number of rotatable bonds is 7. The SMILES string of the molecule is C=CNC(/C=C\C(N)=[N+]1CCC[C@@H]1c1cc(F)ccc1F)=NCCNC(=O)N1CCN(C)CC1. The number of amidine groups is 2. The zero-order chi connectivity index (χ0) is 24.5. The number of hydrogen-bond donors (Lipinski definition) is 3. The van der Waals surface area contributed by atoms with Crippen LogP contribution in [0.15, 0.2) is 48.1 Å². The Kier molecular flexibility index (Phi) is 9.15. The van der Waals surface area contributed by atoms with Gasteiger partial charge in [0.05, 0.1) is 13.1 Å². The molecule has 2 heterocycles. The van der Waals surface area contributed by atoms with Gasteiger partial charge in [-0.1, -0.05) is 6.58 Å². The fourth-order valence-electron chi connectivity index (χ4n) is 4.14. The zero-order valence-corrected chi connectivity index (χ0v) is 19.6. The van der Waals surface area contributed by atoms with Crippen LogP contribution in [0.4, 0.5) is 13.6 Å². The first kappa shape index (κ1) is 25.4. The molecular formula is C24H34F2N7O+. The summed E-state index contributed by atoms with van der Waals surface area (Å²) in [6.45, 7) is 8.25. The molecule has 0 saturated carbocycles. The molecule has 0 aliphatic carbocycles. The number of aliphatic imine (C=N–C) groups is 1. The summed E-state index contributed by atoms with van der Waals surface area (Å²) < 4.78 is 29.9. The van der Waals surface area contributed by atoms with Gasteiger partial charge in [0.15, 0.2) is 0 Å². The van der Waals surface area contributed by atoms with E-state index in [1.807, 2.05) is 11.6 Å². The maximum Gasteiger partial charge on any atom is 0.317 e. The third kappa shape index (κ3) is 6.86. The molecule has 184 valence electrons. The summed E-state index contributed by atoms with van der Waals surface area (Å²) in [6, 6.07) is 3.09. The lowest BCUT2D eigenvalue weighted by molar-refractivity contribution is -0.550. The monoisotopic (exact) mass is 474 g/mol. The Hall–Kier alpha value is -3.27. The van der Waals surface area contributed by atoms with Gasteiger partial charge in [-0.2, -0.15) is 0 Å². The Morgan fingerprint density at radius 2 is 2.06 bits per heavy atom. The Morgan fingerprint density at radius 1 is 1.29 bits per heavy atom. The van der Waals surface area contributed by atoms with Crippen LogP contribution in [0.1, 0.15) is 24.4 Å². The van der Waals surface area contributed by atoms with Crippen LogP contribution < -0.4 is 16.4 Å². The summed E-state index contributed by atoms with van der Waals surface area (Å²) in [5, 5.41) is 5.83. The summed E-state index contributed by atoms with van der Waals surface area (Å²) in [5.74, 6) is 0.0542. The highest BCUT2D eigenvalue weighted by Gasteiger charge is 2.30. The number of nitrogens with zero attached hydrogens (tertiary/aromatic N) is 4. The third-order valence-corrected chi connectivity index (χ3v) is 6.02. The summed E-state index contributed by atoms with van der Waals surface area (Å²) in [5.41, 5.74) is 6.60. The van der Waals surface area contributed by atoms with Crippen molar-refractivity contribution in [3.63, 3.8) is 0 Å². The minimum atomic E-state index is -0.471. The first-order chi connectivity index (χ1) is 16.4. The molecule has 4 N–H and O–H groups in total. The molecule has 0 spiro atoms. The smallest absolute Gasteiger partial charge is 0.317 e. The zero-order valence-electron chi connectivity index (χ0n) is 19.6. The number of nitrogens with two attached hydrogens (primary N) is 1. The van der Waals surface area contributed by atoms with Crippen LogP contribution in [0.3, 0.4) is 0 Å². The number of benzene rings is 1. The van der Waals surface area contributed by atoms with Crippen LogP contribution >= 0.6 is 0 Å². The minimum Gasteiger partial charge on any atom is -0.348 e. The summed E-state index contributed by atoms with van der Waals surface area (Å²) in [6.07, 6.45) is 6.41. The van der Waals surface area contributed by atoms with Crippen molar-refractivity contribution in [2.75, 3.05) is 52.9 Å². The van der Waals surface area contributed by atoms with Crippen LogP contribution in [0.2, 0.25) is 0 Å². The lowest BCUT2D eigenvalue weighted by Gasteiger charge is -2.32. The molecule has 34 heavy (non-hydrogen) atoms. The van der Waals surface area contributed by atoms with Crippen LogP contribution in [0.25, 0.3) is 0 Å². The molecule has 2 fully saturated rings. The van der Waals surface area contributed by atoms with E-state index in [-0.39, 0.29) is 12.1 Å². The number of hydrogen-bond acceptors (Lipinski definition) is 3. The van der Waals surface area contributed by atoms with Crippen LogP contribution in [-0.2, 0) is 0 Å². The van der Waals surface area contributed by atoms with Crippen molar-refractivity contribution in [3.8, 4) is 0 Å². The van der Waals surface area contributed by atoms with E-state index < -0.39 is 11.6 Å². The van der Waals surface area contributed by atoms with E-state index in [0.29, 0.717) is 56.4 Å². The number of carbonyl (C=O) groups excluding carboxylic acids is 1. The van der Waals surface area contributed by atoms with Gasteiger partial charge >= 0.3 is 6.03 Å². The van der Waals surface area contributed by atoms with Crippen LogP contribution in [0, 0.1) is 11.6 Å². The minimum absolute atomic E-state index is 0.0840. The summed E-state index contributed by atoms with van der Waals surface area (Å²) >= 11 is 0. The van der Waals surface area contributed by atoms with Crippen LogP contribution in [0.5, 0.6) is 0 Å². The molecule has 2 aliphatic heterocycles. The third-order valence-electron chi connectivity index (χ3n) is 6.02. The van der Waals surface area contributed by atoms with Crippen molar-refractivity contribution in [3.05, 3.63) is 60.3 Å². The van der Waals surface area contributed by atoms with Crippen molar-refractivity contribution >= 4 is 17.7 Å². The fraction of sp³-hybridized carbons (Fsp3) is 0.458. The first-order valence-corrected chi connectivity index (χ1v) is 11.5. The molecule has 0 bridgehead atoms. The van der Waals surface area contributed by atoms with Gasteiger partial charge in [-0.05, 0) is 50.4 Å². The second kappa shape index (κ2) is 12.3. The van der Waals surface area contributed by atoms with E-state index in [2.05, 4.69) is 27.1 Å². The predicted octanol–water partition coefficient (Wildman–Crippen LogP) is 1.81. The maximum absolute atomic E-state index is 14.3. The highest BCUT2D eigenvalue weighted by Crippen LogP contribution is 2.30. The van der Waals surface area contributed by atoms with E-state index >= 15 is 0 Å². The topological polar surface area (TPSA) is 89.0 Å². The van der Waals surface area contributed by atoms with E-state index in [0.717, 1.165) is 31.6 Å².